The third-order valence-corrected chi connectivity index (χ3v) is 1.80. The van der Waals surface area contributed by atoms with Crippen molar-refractivity contribution in [2.24, 2.45) is 0 Å². The van der Waals surface area contributed by atoms with Gasteiger partial charge in [0.2, 0.25) is 0 Å². The largest absolute Gasteiger partial charge is 0.408 e. The van der Waals surface area contributed by atoms with Gasteiger partial charge in [0.05, 0.1) is 5.52 Å². The molecule has 0 spiro atoms. The molecule has 4 heteroatoms. The standard InChI is InChI=1S/C9H8N2O2/c1-5-11-7-4-2-3-6(10)8(7)9(12)13-5/h2-4H,10H2,1H3. The van der Waals surface area contributed by atoms with Gasteiger partial charge in [0, 0.05) is 12.6 Å². The maximum Gasteiger partial charge on any atom is 0.348 e. The average molecular weight is 176 g/mol. The Morgan fingerprint density at radius 1 is 1.46 bits per heavy atom. The van der Waals surface area contributed by atoms with Gasteiger partial charge >= 0.3 is 5.63 Å². The molecule has 1 heterocycles. The lowest BCUT2D eigenvalue weighted by molar-refractivity contribution is 0.467. The maximum absolute atomic E-state index is 11.3. The number of aryl methyl sites for hydroxylation is 1. The fourth-order valence-corrected chi connectivity index (χ4v) is 1.25. The summed E-state index contributed by atoms with van der Waals surface area (Å²) in [6, 6.07) is 5.13. The zero-order valence-electron chi connectivity index (χ0n) is 7.07. The minimum Gasteiger partial charge on any atom is -0.408 e. The van der Waals surface area contributed by atoms with Crippen molar-refractivity contribution >= 4 is 16.6 Å². The fourth-order valence-electron chi connectivity index (χ4n) is 1.25. The van der Waals surface area contributed by atoms with E-state index in [4.69, 9.17) is 10.2 Å². The molecule has 0 saturated heterocycles. The number of nitrogen functional groups attached to an aromatic ring is 1. The van der Waals surface area contributed by atoms with Crippen molar-refractivity contribution in [3.8, 4) is 0 Å². The molecule has 66 valence electrons. The number of rotatable bonds is 0. The predicted molar refractivity (Wildman–Crippen MR) is 49.4 cm³/mol. The van der Waals surface area contributed by atoms with Crippen LogP contribution < -0.4 is 11.4 Å². The van der Waals surface area contributed by atoms with Gasteiger partial charge in [-0.25, -0.2) is 9.78 Å². The van der Waals surface area contributed by atoms with Crippen LogP contribution in [0.3, 0.4) is 0 Å². The lowest BCUT2D eigenvalue weighted by Gasteiger charge is -1.98. The number of anilines is 1. The summed E-state index contributed by atoms with van der Waals surface area (Å²) in [6.07, 6.45) is 0. The molecular formula is C9H8N2O2. The van der Waals surface area contributed by atoms with Crippen LogP contribution >= 0.6 is 0 Å². The first-order valence-electron chi connectivity index (χ1n) is 3.84. The molecule has 0 radical (unpaired) electrons. The number of benzene rings is 1. The monoisotopic (exact) mass is 176 g/mol. The van der Waals surface area contributed by atoms with E-state index >= 15 is 0 Å². The topological polar surface area (TPSA) is 69.1 Å². The summed E-state index contributed by atoms with van der Waals surface area (Å²) in [6.45, 7) is 1.63. The van der Waals surface area contributed by atoms with Crippen molar-refractivity contribution < 1.29 is 4.42 Å². The van der Waals surface area contributed by atoms with Gasteiger partial charge in [0.25, 0.3) is 0 Å². The Morgan fingerprint density at radius 3 is 3.00 bits per heavy atom. The van der Waals surface area contributed by atoms with Crippen LogP contribution in [0.2, 0.25) is 0 Å². The Bertz CT molecular complexity index is 516. The molecule has 0 saturated carbocycles. The van der Waals surface area contributed by atoms with Gasteiger partial charge < -0.3 is 10.2 Å². The molecule has 1 aromatic carbocycles. The summed E-state index contributed by atoms with van der Waals surface area (Å²) in [5.41, 5.74) is 6.16. The highest BCUT2D eigenvalue weighted by atomic mass is 16.4. The van der Waals surface area contributed by atoms with Crippen LogP contribution in [-0.4, -0.2) is 4.98 Å². The van der Waals surface area contributed by atoms with Gasteiger partial charge in [-0.15, -0.1) is 0 Å². The molecule has 2 rings (SSSR count). The number of hydrogen-bond donors (Lipinski definition) is 1. The number of nitrogens with zero attached hydrogens (tertiary/aromatic N) is 1. The summed E-state index contributed by atoms with van der Waals surface area (Å²) >= 11 is 0. The first-order chi connectivity index (χ1) is 6.18. The highest BCUT2D eigenvalue weighted by molar-refractivity contribution is 5.88. The second-order valence-corrected chi connectivity index (χ2v) is 2.76. The molecule has 0 amide bonds. The maximum atomic E-state index is 11.3. The molecule has 0 aliphatic rings. The Hall–Kier alpha value is -1.84. The highest BCUT2D eigenvalue weighted by Gasteiger charge is 2.05. The molecule has 4 nitrogen and oxygen atoms in total. The van der Waals surface area contributed by atoms with Gasteiger partial charge in [0.15, 0.2) is 5.89 Å². The quantitative estimate of drug-likeness (QED) is 0.610. The second kappa shape index (κ2) is 2.58. The van der Waals surface area contributed by atoms with Crippen LogP contribution in [0.15, 0.2) is 27.4 Å². The number of fused-ring (bicyclic) bond motifs is 1. The van der Waals surface area contributed by atoms with E-state index in [1.807, 2.05) is 0 Å². The zero-order valence-corrected chi connectivity index (χ0v) is 7.07. The minimum absolute atomic E-state index is 0.350. The van der Waals surface area contributed by atoms with E-state index in [-0.39, 0.29) is 0 Å². The Labute approximate surface area is 74.0 Å². The lowest BCUT2D eigenvalue weighted by Crippen LogP contribution is -2.05. The van der Waals surface area contributed by atoms with E-state index in [9.17, 15) is 4.79 Å². The molecular weight excluding hydrogens is 168 g/mol. The van der Waals surface area contributed by atoms with Gasteiger partial charge in [-0.05, 0) is 12.1 Å². The van der Waals surface area contributed by atoms with E-state index in [0.29, 0.717) is 22.5 Å². The SMILES string of the molecule is Cc1nc2cccc(N)c2c(=O)o1. The van der Waals surface area contributed by atoms with Crippen LogP contribution in [0.1, 0.15) is 5.89 Å². The number of nitrogens with two attached hydrogens (primary N) is 1. The smallest absolute Gasteiger partial charge is 0.348 e. The second-order valence-electron chi connectivity index (χ2n) is 2.76. The highest BCUT2D eigenvalue weighted by Crippen LogP contribution is 2.14. The molecule has 1 aromatic heterocycles. The fraction of sp³-hybridized carbons (Fsp3) is 0.111. The third kappa shape index (κ3) is 1.16. The summed E-state index contributed by atoms with van der Waals surface area (Å²) in [4.78, 5) is 15.4. The number of hydrogen-bond acceptors (Lipinski definition) is 4. The summed E-state index contributed by atoms with van der Waals surface area (Å²) in [5.74, 6) is 0.350. The Balaban J connectivity index is 3.03. The summed E-state index contributed by atoms with van der Waals surface area (Å²) < 4.78 is 4.82. The minimum atomic E-state index is -0.430. The van der Waals surface area contributed by atoms with Crippen molar-refractivity contribution in [3.05, 3.63) is 34.5 Å². The lowest BCUT2D eigenvalue weighted by atomic mass is 10.2. The molecule has 13 heavy (non-hydrogen) atoms. The van der Waals surface area contributed by atoms with Gasteiger partial charge in [-0.2, -0.15) is 0 Å². The normalized spacial score (nSPS) is 10.5. The van der Waals surface area contributed by atoms with Crippen LogP contribution in [-0.2, 0) is 0 Å². The van der Waals surface area contributed by atoms with Crippen LogP contribution in [0.4, 0.5) is 5.69 Å². The van der Waals surface area contributed by atoms with E-state index in [1.54, 1.807) is 25.1 Å². The van der Waals surface area contributed by atoms with E-state index in [0.717, 1.165) is 0 Å². The Morgan fingerprint density at radius 2 is 2.23 bits per heavy atom. The summed E-state index contributed by atoms with van der Waals surface area (Å²) in [5, 5.41) is 0.355. The molecule has 0 fully saturated rings. The average Bonchev–Trinajstić information content (AvgIpc) is 2.02. The third-order valence-electron chi connectivity index (χ3n) is 1.80. The first kappa shape index (κ1) is 7.79. The van der Waals surface area contributed by atoms with E-state index in [2.05, 4.69) is 4.98 Å². The molecule has 0 aliphatic carbocycles. The van der Waals surface area contributed by atoms with E-state index in [1.165, 1.54) is 0 Å². The van der Waals surface area contributed by atoms with E-state index < -0.39 is 5.63 Å². The van der Waals surface area contributed by atoms with Crippen molar-refractivity contribution in [1.82, 2.24) is 4.98 Å². The first-order valence-corrected chi connectivity index (χ1v) is 3.84. The zero-order chi connectivity index (χ0) is 9.42. The molecule has 0 atom stereocenters. The van der Waals surface area contributed by atoms with Crippen molar-refractivity contribution in [2.75, 3.05) is 5.73 Å². The molecule has 2 N–H and O–H groups in total. The Kier molecular flexibility index (Phi) is 1.55. The van der Waals surface area contributed by atoms with Gasteiger partial charge in [0.1, 0.15) is 5.39 Å². The molecule has 0 bridgehead atoms. The van der Waals surface area contributed by atoms with Crippen LogP contribution in [0.25, 0.3) is 10.9 Å². The van der Waals surface area contributed by atoms with Crippen LogP contribution in [0.5, 0.6) is 0 Å². The molecule has 0 aliphatic heterocycles. The summed E-state index contributed by atoms with van der Waals surface area (Å²) in [7, 11) is 0. The van der Waals surface area contributed by atoms with Crippen LogP contribution in [0, 0.1) is 6.92 Å². The molecule has 2 aromatic rings. The number of aromatic nitrogens is 1. The predicted octanol–water partition coefficient (Wildman–Crippen LogP) is 1.08. The van der Waals surface area contributed by atoms with Crippen molar-refractivity contribution in [3.63, 3.8) is 0 Å². The van der Waals surface area contributed by atoms with Crippen molar-refractivity contribution in [1.29, 1.82) is 0 Å². The van der Waals surface area contributed by atoms with Gasteiger partial charge in [-0.3, -0.25) is 0 Å². The van der Waals surface area contributed by atoms with Crippen molar-refractivity contribution in [2.45, 2.75) is 6.92 Å². The molecule has 0 unspecified atom stereocenters. The van der Waals surface area contributed by atoms with Gasteiger partial charge in [-0.1, -0.05) is 6.07 Å².